The molecule has 0 unspecified atom stereocenters. The molecular formula is C12H21N3OS2. The summed E-state index contributed by atoms with van der Waals surface area (Å²) in [4.78, 5) is 20.1. The molecule has 0 N–H and O–H groups in total. The number of thiazole rings is 1. The molecule has 1 heterocycles. The van der Waals surface area contributed by atoms with Crippen LogP contribution in [0.3, 0.4) is 0 Å². The van der Waals surface area contributed by atoms with Crippen LogP contribution in [0.4, 0.5) is 0 Å². The second kappa shape index (κ2) is 7.76. The van der Waals surface area contributed by atoms with E-state index in [0.29, 0.717) is 6.42 Å². The van der Waals surface area contributed by atoms with Crippen molar-refractivity contribution in [3.05, 3.63) is 11.1 Å². The molecule has 1 aromatic rings. The van der Waals surface area contributed by atoms with Crippen LogP contribution in [0, 0.1) is 0 Å². The second-order valence-corrected chi connectivity index (χ2v) is 6.54. The van der Waals surface area contributed by atoms with E-state index < -0.39 is 0 Å². The lowest BCUT2D eigenvalue weighted by molar-refractivity contribution is -0.129. The fourth-order valence-electron chi connectivity index (χ4n) is 1.22. The minimum atomic E-state index is 0.132. The Morgan fingerprint density at radius 1 is 1.44 bits per heavy atom. The summed E-state index contributed by atoms with van der Waals surface area (Å²) in [5.41, 5.74) is 0.887. The maximum absolute atomic E-state index is 11.7. The van der Waals surface area contributed by atoms with E-state index in [1.54, 1.807) is 28.0 Å². The van der Waals surface area contributed by atoms with Crippen molar-refractivity contribution in [2.24, 2.45) is 0 Å². The van der Waals surface area contributed by atoms with E-state index in [1.807, 2.05) is 19.4 Å². The van der Waals surface area contributed by atoms with Crippen molar-refractivity contribution < 1.29 is 4.79 Å². The van der Waals surface area contributed by atoms with E-state index in [1.165, 1.54) is 0 Å². The predicted octanol–water partition coefficient (Wildman–Crippen LogP) is 1.82. The average Bonchev–Trinajstić information content (AvgIpc) is 2.75. The van der Waals surface area contributed by atoms with Gasteiger partial charge < -0.3 is 9.80 Å². The predicted molar refractivity (Wildman–Crippen MR) is 78.4 cm³/mol. The fraction of sp³-hybridized carbons (Fsp3) is 0.667. The number of carbonyl (C=O) groups is 1. The molecule has 4 nitrogen and oxygen atoms in total. The molecule has 0 atom stereocenters. The van der Waals surface area contributed by atoms with Crippen LogP contribution in [0.2, 0.25) is 0 Å². The van der Waals surface area contributed by atoms with Gasteiger partial charge in [-0.1, -0.05) is 11.8 Å². The molecule has 0 aliphatic rings. The van der Waals surface area contributed by atoms with E-state index >= 15 is 0 Å². The highest BCUT2D eigenvalue weighted by molar-refractivity contribution is 8.01. The molecule has 0 radical (unpaired) electrons. The summed E-state index contributed by atoms with van der Waals surface area (Å²) in [6, 6.07) is 0. The van der Waals surface area contributed by atoms with Crippen molar-refractivity contribution in [3.63, 3.8) is 0 Å². The number of aromatic nitrogens is 1. The quantitative estimate of drug-likeness (QED) is 0.717. The summed E-state index contributed by atoms with van der Waals surface area (Å²) >= 11 is 3.38. The molecule has 102 valence electrons. The first kappa shape index (κ1) is 15.5. The number of likely N-dealkylation sites (N-methyl/N-ethyl adjacent to an activating group) is 1. The molecule has 18 heavy (non-hydrogen) atoms. The Morgan fingerprint density at radius 3 is 2.78 bits per heavy atom. The highest BCUT2D eigenvalue weighted by Gasteiger charge is 2.10. The lowest BCUT2D eigenvalue weighted by Gasteiger charge is -2.12. The van der Waals surface area contributed by atoms with Gasteiger partial charge in [0.05, 0.1) is 12.1 Å². The number of rotatable bonds is 7. The molecule has 0 fully saturated rings. The molecular weight excluding hydrogens is 266 g/mol. The van der Waals surface area contributed by atoms with Gasteiger partial charge in [0.1, 0.15) is 4.34 Å². The Kier molecular flexibility index (Phi) is 6.67. The Hall–Kier alpha value is -0.590. The average molecular weight is 287 g/mol. The van der Waals surface area contributed by atoms with Gasteiger partial charge in [0, 0.05) is 31.3 Å². The first-order valence-electron chi connectivity index (χ1n) is 5.98. The summed E-state index contributed by atoms with van der Waals surface area (Å²) < 4.78 is 1.05. The van der Waals surface area contributed by atoms with Gasteiger partial charge in [0.2, 0.25) is 5.91 Å². The number of hydrogen-bond donors (Lipinski definition) is 0. The van der Waals surface area contributed by atoms with Crippen LogP contribution >= 0.6 is 23.1 Å². The highest BCUT2D eigenvalue weighted by Crippen LogP contribution is 2.22. The molecule has 0 aliphatic carbocycles. The second-order valence-electron chi connectivity index (χ2n) is 4.34. The zero-order chi connectivity index (χ0) is 13.5. The van der Waals surface area contributed by atoms with Crippen molar-refractivity contribution >= 4 is 29.0 Å². The normalized spacial score (nSPS) is 10.9. The van der Waals surface area contributed by atoms with E-state index in [2.05, 4.69) is 24.0 Å². The largest absolute Gasteiger partial charge is 0.346 e. The molecule has 1 aromatic heterocycles. The Bertz CT molecular complexity index is 379. The number of thioether (sulfide) groups is 1. The first-order chi connectivity index (χ1) is 8.52. The minimum absolute atomic E-state index is 0.132. The number of hydrogen-bond acceptors (Lipinski definition) is 5. The Balaban J connectivity index is 2.41. The van der Waals surface area contributed by atoms with E-state index in [0.717, 1.165) is 28.9 Å². The van der Waals surface area contributed by atoms with Crippen LogP contribution in [0.15, 0.2) is 9.72 Å². The molecule has 0 aromatic carbocycles. The number of amides is 1. The molecule has 0 bridgehead atoms. The van der Waals surface area contributed by atoms with Crippen LogP contribution in [0.5, 0.6) is 0 Å². The molecule has 0 spiro atoms. The molecule has 0 saturated carbocycles. The number of nitrogens with zero attached hydrogens (tertiary/aromatic N) is 3. The SMILES string of the molecule is CCN(C)C(=O)Cc1csc(SCCN(C)C)n1. The zero-order valence-electron chi connectivity index (χ0n) is 11.5. The third kappa shape index (κ3) is 5.37. The summed E-state index contributed by atoms with van der Waals surface area (Å²) in [5.74, 6) is 1.16. The fourth-order valence-corrected chi connectivity index (χ4v) is 3.24. The molecule has 0 aliphatic heterocycles. The van der Waals surface area contributed by atoms with Gasteiger partial charge in [-0.2, -0.15) is 0 Å². The van der Waals surface area contributed by atoms with E-state index in [-0.39, 0.29) is 5.91 Å². The molecule has 6 heteroatoms. The van der Waals surface area contributed by atoms with Crippen LogP contribution in [0.25, 0.3) is 0 Å². The lowest BCUT2D eigenvalue weighted by Crippen LogP contribution is -2.27. The highest BCUT2D eigenvalue weighted by atomic mass is 32.2. The summed E-state index contributed by atoms with van der Waals surface area (Å²) in [6.07, 6.45) is 0.412. The minimum Gasteiger partial charge on any atom is -0.346 e. The van der Waals surface area contributed by atoms with E-state index in [9.17, 15) is 4.79 Å². The van der Waals surface area contributed by atoms with Crippen LogP contribution in [-0.4, -0.2) is 60.7 Å². The monoisotopic (exact) mass is 287 g/mol. The van der Waals surface area contributed by atoms with Crippen molar-refractivity contribution in [3.8, 4) is 0 Å². The summed E-state index contributed by atoms with van der Waals surface area (Å²) in [6.45, 7) is 3.76. The number of carbonyl (C=O) groups excluding carboxylic acids is 1. The van der Waals surface area contributed by atoms with Gasteiger partial charge in [-0.15, -0.1) is 11.3 Å². The van der Waals surface area contributed by atoms with Gasteiger partial charge >= 0.3 is 0 Å². The third-order valence-electron chi connectivity index (χ3n) is 2.53. The van der Waals surface area contributed by atoms with Crippen LogP contribution < -0.4 is 0 Å². The first-order valence-corrected chi connectivity index (χ1v) is 7.85. The van der Waals surface area contributed by atoms with Gasteiger partial charge in [0.15, 0.2) is 0 Å². The summed E-state index contributed by atoms with van der Waals surface area (Å²) in [7, 11) is 5.95. The van der Waals surface area contributed by atoms with Crippen LogP contribution in [-0.2, 0) is 11.2 Å². The maximum Gasteiger partial charge on any atom is 0.228 e. The zero-order valence-corrected chi connectivity index (χ0v) is 13.1. The van der Waals surface area contributed by atoms with Crippen molar-refractivity contribution in [1.82, 2.24) is 14.8 Å². The van der Waals surface area contributed by atoms with Gasteiger partial charge in [-0.25, -0.2) is 4.98 Å². The smallest absolute Gasteiger partial charge is 0.228 e. The standard InChI is InChI=1S/C12H21N3OS2/c1-5-15(4)11(16)8-10-9-18-12(13-10)17-7-6-14(2)3/h9H,5-8H2,1-4H3. The van der Waals surface area contributed by atoms with Gasteiger partial charge in [-0.05, 0) is 21.0 Å². The Morgan fingerprint density at radius 2 is 2.17 bits per heavy atom. The molecule has 1 amide bonds. The molecule has 1 rings (SSSR count). The van der Waals surface area contributed by atoms with Gasteiger partial charge in [0.25, 0.3) is 0 Å². The van der Waals surface area contributed by atoms with Crippen molar-refractivity contribution in [2.75, 3.05) is 40.0 Å². The lowest BCUT2D eigenvalue weighted by atomic mass is 10.3. The van der Waals surface area contributed by atoms with Gasteiger partial charge in [-0.3, -0.25) is 4.79 Å². The topological polar surface area (TPSA) is 36.4 Å². The van der Waals surface area contributed by atoms with Crippen molar-refractivity contribution in [1.29, 1.82) is 0 Å². The Labute approximate surface area is 117 Å². The van der Waals surface area contributed by atoms with Crippen LogP contribution in [0.1, 0.15) is 12.6 Å². The summed E-state index contributed by atoms with van der Waals surface area (Å²) in [5, 5.41) is 1.99. The molecule has 0 saturated heterocycles. The maximum atomic E-state index is 11.7. The van der Waals surface area contributed by atoms with Crippen molar-refractivity contribution in [2.45, 2.75) is 17.7 Å². The van der Waals surface area contributed by atoms with E-state index in [4.69, 9.17) is 0 Å². The third-order valence-corrected chi connectivity index (χ3v) is 4.58.